The molecule has 0 amide bonds. The third kappa shape index (κ3) is 3.41. The normalized spacial score (nSPS) is 52.9. The Hall–Kier alpha value is -1.74. The maximum Gasteiger partial charge on any atom is 0.302 e. The van der Waals surface area contributed by atoms with Crippen molar-refractivity contribution in [2.24, 2.45) is 56.2 Å². The first-order chi connectivity index (χ1) is 17.2. The number of carbonyl (C=O) groups is 2. The molecule has 4 saturated carbocycles. The summed E-state index contributed by atoms with van der Waals surface area (Å²) in [4.78, 5) is 42.3. The number of isocyanates is 1. The molecule has 0 saturated heterocycles. The van der Waals surface area contributed by atoms with Crippen LogP contribution in [-0.2, 0) is 19.1 Å². The van der Waals surface area contributed by atoms with Crippen LogP contribution in [0.3, 0.4) is 0 Å². The van der Waals surface area contributed by atoms with Gasteiger partial charge in [0.15, 0.2) is 5.78 Å². The van der Waals surface area contributed by atoms with Crippen molar-refractivity contribution < 1.29 is 19.1 Å². The van der Waals surface area contributed by atoms with Crippen LogP contribution in [0, 0.1) is 51.2 Å². The van der Waals surface area contributed by atoms with Gasteiger partial charge in [-0.3, -0.25) is 9.59 Å². The van der Waals surface area contributed by atoms with Gasteiger partial charge in [0.05, 0.1) is 0 Å². The number of esters is 1. The summed E-state index contributed by atoms with van der Waals surface area (Å²) in [6, 6.07) is 0. The molecular formula is C32H47NO4. The van der Waals surface area contributed by atoms with Crippen LogP contribution in [-0.4, -0.2) is 29.5 Å². The van der Waals surface area contributed by atoms with Gasteiger partial charge in [-0.2, -0.15) is 4.99 Å². The van der Waals surface area contributed by atoms with E-state index in [1.807, 2.05) is 13.0 Å². The zero-order valence-electron chi connectivity index (χ0n) is 24.3. The van der Waals surface area contributed by atoms with E-state index < -0.39 is 11.6 Å². The summed E-state index contributed by atoms with van der Waals surface area (Å²) in [6.07, 6.45) is 11.5. The molecule has 4 unspecified atom stereocenters. The first-order valence-electron chi connectivity index (χ1n) is 14.7. The highest BCUT2D eigenvalue weighted by molar-refractivity contribution is 5.95. The number of hydrogen-bond acceptors (Lipinski definition) is 5. The monoisotopic (exact) mass is 509 g/mol. The molecule has 5 heteroatoms. The van der Waals surface area contributed by atoms with Gasteiger partial charge in [-0.25, -0.2) is 4.79 Å². The van der Waals surface area contributed by atoms with Crippen molar-refractivity contribution in [3.8, 4) is 0 Å². The van der Waals surface area contributed by atoms with E-state index in [0.717, 1.165) is 25.7 Å². The van der Waals surface area contributed by atoms with Gasteiger partial charge in [-0.15, -0.1) is 0 Å². The second-order valence-electron chi connectivity index (χ2n) is 14.9. The summed E-state index contributed by atoms with van der Waals surface area (Å²) in [5.74, 6) is 1.49. The predicted molar refractivity (Wildman–Crippen MR) is 143 cm³/mol. The van der Waals surface area contributed by atoms with Crippen molar-refractivity contribution in [3.63, 3.8) is 0 Å². The van der Waals surface area contributed by atoms with Gasteiger partial charge in [-0.05, 0) is 110 Å². The molecule has 0 aromatic carbocycles. The number of nitrogens with zero attached hydrogens (tertiary/aromatic N) is 1. The zero-order valence-corrected chi connectivity index (χ0v) is 24.3. The molecular weight excluding hydrogens is 462 g/mol. The van der Waals surface area contributed by atoms with Gasteiger partial charge < -0.3 is 4.74 Å². The number of hydrogen-bond donors (Lipinski definition) is 0. The van der Waals surface area contributed by atoms with Gasteiger partial charge in [0.25, 0.3) is 0 Å². The molecule has 0 N–H and O–H groups in total. The minimum atomic E-state index is -0.870. The Morgan fingerprint density at radius 1 is 1.00 bits per heavy atom. The van der Waals surface area contributed by atoms with E-state index in [-0.39, 0.29) is 45.2 Å². The second kappa shape index (κ2) is 8.38. The van der Waals surface area contributed by atoms with E-state index in [2.05, 4.69) is 52.6 Å². The lowest BCUT2D eigenvalue weighted by Gasteiger charge is -2.70. The molecule has 37 heavy (non-hydrogen) atoms. The second-order valence-corrected chi connectivity index (χ2v) is 14.9. The van der Waals surface area contributed by atoms with Crippen LogP contribution in [0.25, 0.3) is 0 Å². The van der Waals surface area contributed by atoms with E-state index >= 15 is 0 Å². The van der Waals surface area contributed by atoms with Gasteiger partial charge in [0.1, 0.15) is 11.6 Å². The number of ether oxygens (including phenoxy) is 1. The van der Waals surface area contributed by atoms with E-state index in [0.29, 0.717) is 24.2 Å². The molecule has 4 fully saturated rings. The summed E-state index contributed by atoms with van der Waals surface area (Å²) >= 11 is 0. The summed E-state index contributed by atoms with van der Waals surface area (Å²) < 4.78 is 5.73. The average molecular weight is 510 g/mol. The van der Waals surface area contributed by atoms with Crippen LogP contribution in [0.15, 0.2) is 16.6 Å². The quantitative estimate of drug-likeness (QED) is 0.232. The van der Waals surface area contributed by atoms with Crippen molar-refractivity contribution in [3.05, 3.63) is 11.6 Å². The fourth-order valence-electron chi connectivity index (χ4n) is 10.9. The maximum absolute atomic E-state index is 14.4. The molecule has 11 atom stereocenters. The highest BCUT2D eigenvalue weighted by Gasteiger charge is 2.71. The van der Waals surface area contributed by atoms with Crippen molar-refractivity contribution >= 4 is 17.8 Å². The molecule has 0 aromatic heterocycles. The predicted octanol–water partition coefficient (Wildman–Crippen LogP) is 6.84. The van der Waals surface area contributed by atoms with Crippen molar-refractivity contribution in [2.75, 3.05) is 0 Å². The molecule has 0 heterocycles. The Labute approximate surface area is 223 Å². The maximum atomic E-state index is 14.4. The number of allylic oxidation sites excluding steroid dienone is 2. The van der Waals surface area contributed by atoms with E-state index in [1.54, 1.807) is 0 Å². The van der Waals surface area contributed by atoms with Crippen LogP contribution in [0.1, 0.15) is 107 Å². The summed E-state index contributed by atoms with van der Waals surface area (Å²) in [6.45, 7) is 17.8. The molecule has 5 rings (SSSR count). The van der Waals surface area contributed by atoms with Crippen LogP contribution >= 0.6 is 0 Å². The fraction of sp³-hybridized carbons (Fsp3) is 0.844. The van der Waals surface area contributed by atoms with Crippen molar-refractivity contribution in [1.29, 1.82) is 0 Å². The summed E-state index contributed by atoms with van der Waals surface area (Å²) in [5, 5.41) is 0. The largest absolute Gasteiger partial charge is 0.460 e. The highest BCUT2D eigenvalue weighted by atomic mass is 16.5. The number of carbonyl (C=O) groups excluding carboxylic acids is 3. The first kappa shape index (κ1) is 26.9. The Balaban J connectivity index is 1.62. The SMILES string of the molecule is CC(=O)OC1CC[C@@]2(C)C(CC[C@]3(C)C2C(=O)C=C2C4[C@@H](C)[C@H](C)CC[C@]4(C)CC[C@]23C)[C@@]1(C)N=C=O. The van der Waals surface area contributed by atoms with Crippen molar-refractivity contribution in [1.82, 2.24) is 0 Å². The van der Waals surface area contributed by atoms with Crippen molar-refractivity contribution in [2.45, 2.75) is 118 Å². The Morgan fingerprint density at radius 2 is 1.70 bits per heavy atom. The standard InChI is InChI=1S/C32H47NO4/c1-19-9-12-28(4)15-16-30(6)22(26(28)20(19)2)17-23(36)27-29(5)13-11-25(37-21(3)35)32(8,33-18-34)24(29)10-14-31(27,30)7/h17,19-20,24-27H,9-16H2,1-8H3/t19-,20+,24?,25?,26?,27?,28-,29+,30-,31-,32-/m1/s1. The molecule has 0 spiro atoms. The molecule has 0 radical (unpaired) electrons. The van der Waals surface area contributed by atoms with E-state index in [4.69, 9.17) is 4.74 Å². The molecule has 5 aliphatic carbocycles. The highest BCUT2D eigenvalue weighted by Crippen LogP contribution is 2.74. The number of aliphatic imine (C=N–C) groups is 1. The fourth-order valence-corrected chi connectivity index (χ4v) is 10.9. The van der Waals surface area contributed by atoms with Gasteiger partial charge >= 0.3 is 5.97 Å². The topological polar surface area (TPSA) is 72.8 Å². The molecule has 0 bridgehead atoms. The number of ketones is 1. The average Bonchev–Trinajstić information content (AvgIpc) is 2.80. The van der Waals surface area contributed by atoms with Gasteiger partial charge in [-0.1, -0.05) is 47.1 Å². The molecule has 5 aliphatic rings. The zero-order chi connectivity index (χ0) is 27.2. The molecule has 0 aromatic rings. The summed E-state index contributed by atoms with van der Waals surface area (Å²) in [7, 11) is 0. The smallest absolute Gasteiger partial charge is 0.302 e. The minimum absolute atomic E-state index is 0.0217. The molecule has 0 aliphatic heterocycles. The Morgan fingerprint density at radius 3 is 2.35 bits per heavy atom. The Bertz CT molecular complexity index is 1090. The van der Waals surface area contributed by atoms with Crippen LogP contribution in [0.2, 0.25) is 0 Å². The summed E-state index contributed by atoms with van der Waals surface area (Å²) in [5.41, 5.74) is 0.348. The lowest BCUT2D eigenvalue weighted by Crippen LogP contribution is -2.68. The van der Waals surface area contributed by atoms with Gasteiger partial charge in [0, 0.05) is 12.8 Å². The van der Waals surface area contributed by atoms with Crippen LogP contribution in [0.5, 0.6) is 0 Å². The molecule has 5 nitrogen and oxygen atoms in total. The minimum Gasteiger partial charge on any atom is -0.460 e. The number of fused-ring (bicyclic) bond motifs is 7. The van der Waals surface area contributed by atoms with E-state index in [1.165, 1.54) is 31.8 Å². The van der Waals surface area contributed by atoms with Crippen LogP contribution < -0.4 is 0 Å². The molecule has 204 valence electrons. The Kier molecular flexibility index (Phi) is 6.08. The third-order valence-corrected chi connectivity index (χ3v) is 13.3. The van der Waals surface area contributed by atoms with Crippen LogP contribution in [0.4, 0.5) is 0 Å². The lowest BCUT2D eigenvalue weighted by atomic mass is 9.33. The third-order valence-electron chi connectivity index (χ3n) is 13.3. The number of rotatable bonds is 2. The lowest BCUT2D eigenvalue weighted by molar-refractivity contribution is -0.196. The van der Waals surface area contributed by atoms with E-state index in [9.17, 15) is 14.4 Å². The van der Waals surface area contributed by atoms with Gasteiger partial charge in [0.2, 0.25) is 6.08 Å². The first-order valence-corrected chi connectivity index (χ1v) is 14.7.